The first-order valence-corrected chi connectivity index (χ1v) is 5.79. The lowest BCUT2D eigenvalue weighted by Gasteiger charge is -2.29. The average Bonchev–Trinajstić information content (AvgIpc) is 2.71. The molecule has 0 spiro atoms. The van der Waals surface area contributed by atoms with Crippen molar-refractivity contribution in [3.8, 4) is 0 Å². The summed E-state index contributed by atoms with van der Waals surface area (Å²) >= 11 is 0. The molecular weight excluding hydrogens is 176 g/mol. The highest BCUT2D eigenvalue weighted by atomic mass is 16.2. The number of likely N-dealkylation sites (tertiary alicyclic amines) is 1. The monoisotopic (exact) mass is 196 g/mol. The van der Waals surface area contributed by atoms with Crippen LogP contribution in [-0.4, -0.2) is 36.5 Å². The Morgan fingerprint density at radius 1 is 1.29 bits per heavy atom. The van der Waals surface area contributed by atoms with Gasteiger partial charge in [-0.2, -0.15) is 0 Å². The van der Waals surface area contributed by atoms with Gasteiger partial charge in [-0.15, -0.1) is 0 Å². The van der Waals surface area contributed by atoms with Crippen molar-refractivity contribution in [2.45, 2.75) is 38.6 Å². The Kier molecular flexibility index (Phi) is 3.06. The van der Waals surface area contributed by atoms with E-state index < -0.39 is 0 Å². The fourth-order valence-electron chi connectivity index (χ4n) is 2.41. The normalized spacial score (nSPS) is 33.4. The average molecular weight is 196 g/mol. The molecule has 2 rings (SSSR count). The smallest absolute Gasteiger partial charge is 0.226 e. The summed E-state index contributed by atoms with van der Waals surface area (Å²) in [4.78, 5) is 14.0. The fourth-order valence-corrected chi connectivity index (χ4v) is 2.41. The first-order valence-electron chi connectivity index (χ1n) is 5.79. The van der Waals surface area contributed by atoms with Crippen LogP contribution in [0, 0.1) is 5.92 Å². The van der Waals surface area contributed by atoms with Crippen molar-refractivity contribution in [3.05, 3.63) is 0 Å². The molecule has 0 radical (unpaired) electrons. The second kappa shape index (κ2) is 4.30. The quantitative estimate of drug-likeness (QED) is 0.678. The molecule has 0 aliphatic carbocycles. The molecule has 0 aromatic carbocycles. The van der Waals surface area contributed by atoms with Crippen molar-refractivity contribution >= 4 is 5.91 Å². The number of amides is 1. The van der Waals surface area contributed by atoms with E-state index in [1.54, 1.807) is 0 Å². The van der Waals surface area contributed by atoms with E-state index in [1.165, 1.54) is 12.8 Å². The van der Waals surface area contributed by atoms with Gasteiger partial charge in [0.05, 0.1) is 5.92 Å². The second-order valence-electron chi connectivity index (χ2n) is 4.62. The molecule has 2 saturated heterocycles. The van der Waals surface area contributed by atoms with Crippen LogP contribution in [0.25, 0.3) is 0 Å². The molecule has 80 valence electrons. The van der Waals surface area contributed by atoms with Crippen molar-refractivity contribution in [2.75, 3.05) is 19.6 Å². The molecule has 2 unspecified atom stereocenters. The highest BCUT2D eigenvalue weighted by molar-refractivity contribution is 5.79. The predicted octanol–water partition coefficient (Wildman–Crippen LogP) is 0.997. The molecule has 2 atom stereocenters. The van der Waals surface area contributed by atoms with Crippen molar-refractivity contribution in [1.82, 2.24) is 10.2 Å². The molecule has 2 aliphatic heterocycles. The Labute approximate surface area is 85.8 Å². The second-order valence-corrected chi connectivity index (χ2v) is 4.62. The van der Waals surface area contributed by atoms with Crippen LogP contribution in [0.3, 0.4) is 0 Å². The van der Waals surface area contributed by atoms with Crippen LogP contribution < -0.4 is 5.32 Å². The molecule has 2 fully saturated rings. The number of nitrogens with zero attached hydrogens (tertiary/aromatic N) is 1. The minimum absolute atomic E-state index is 0.254. The lowest BCUT2D eigenvalue weighted by Crippen LogP contribution is -2.44. The van der Waals surface area contributed by atoms with E-state index in [4.69, 9.17) is 0 Å². The molecule has 0 aromatic rings. The number of carbonyl (C=O) groups is 1. The molecule has 14 heavy (non-hydrogen) atoms. The zero-order valence-electron chi connectivity index (χ0n) is 8.96. The number of carbonyl (C=O) groups excluding carboxylic acids is 1. The van der Waals surface area contributed by atoms with Gasteiger partial charge in [-0.1, -0.05) is 0 Å². The molecule has 2 heterocycles. The summed E-state index contributed by atoms with van der Waals surface area (Å²) in [6, 6.07) is 0.595. The zero-order valence-corrected chi connectivity index (χ0v) is 8.96. The van der Waals surface area contributed by atoms with E-state index >= 15 is 0 Å². The summed E-state index contributed by atoms with van der Waals surface area (Å²) in [5.41, 5.74) is 0. The van der Waals surface area contributed by atoms with Gasteiger partial charge in [-0.3, -0.25) is 4.79 Å². The first kappa shape index (κ1) is 9.97. The zero-order chi connectivity index (χ0) is 9.97. The maximum atomic E-state index is 12.0. The van der Waals surface area contributed by atoms with Crippen LogP contribution in [0.1, 0.15) is 32.6 Å². The Hall–Kier alpha value is -0.570. The van der Waals surface area contributed by atoms with Gasteiger partial charge >= 0.3 is 0 Å². The molecule has 3 nitrogen and oxygen atoms in total. The molecule has 0 saturated carbocycles. The standard InChI is InChI=1S/C11H20N2O/c1-9-4-5-10(8-12-9)11(14)13-6-2-3-7-13/h9-10,12H,2-8H2,1H3. The number of hydrogen-bond donors (Lipinski definition) is 1. The van der Waals surface area contributed by atoms with Gasteiger partial charge in [0.1, 0.15) is 0 Å². The van der Waals surface area contributed by atoms with Crippen LogP contribution in [0.2, 0.25) is 0 Å². The van der Waals surface area contributed by atoms with Crippen molar-refractivity contribution in [2.24, 2.45) is 5.92 Å². The van der Waals surface area contributed by atoms with Crippen molar-refractivity contribution in [1.29, 1.82) is 0 Å². The molecule has 2 aliphatic rings. The Morgan fingerprint density at radius 2 is 2.00 bits per heavy atom. The number of hydrogen-bond acceptors (Lipinski definition) is 2. The Balaban J connectivity index is 1.85. The van der Waals surface area contributed by atoms with Gasteiger partial charge < -0.3 is 10.2 Å². The van der Waals surface area contributed by atoms with E-state index in [2.05, 4.69) is 12.2 Å². The summed E-state index contributed by atoms with van der Waals surface area (Å²) in [6.45, 7) is 5.06. The summed E-state index contributed by atoms with van der Waals surface area (Å²) in [6.07, 6.45) is 4.61. The Morgan fingerprint density at radius 3 is 2.57 bits per heavy atom. The van der Waals surface area contributed by atoms with Crippen LogP contribution in [0.15, 0.2) is 0 Å². The highest BCUT2D eigenvalue weighted by Gasteiger charge is 2.28. The van der Waals surface area contributed by atoms with E-state index in [0.717, 1.165) is 32.5 Å². The number of rotatable bonds is 1. The minimum atomic E-state index is 0.254. The van der Waals surface area contributed by atoms with Gasteiger partial charge in [0, 0.05) is 25.7 Å². The van der Waals surface area contributed by atoms with Crippen molar-refractivity contribution in [3.63, 3.8) is 0 Å². The SMILES string of the molecule is CC1CCC(C(=O)N2CCCC2)CN1. The lowest BCUT2D eigenvalue weighted by molar-refractivity contribution is -0.135. The lowest BCUT2D eigenvalue weighted by atomic mass is 9.94. The number of piperidine rings is 1. The highest BCUT2D eigenvalue weighted by Crippen LogP contribution is 2.19. The third-order valence-electron chi connectivity index (χ3n) is 3.43. The van der Waals surface area contributed by atoms with Crippen LogP contribution >= 0.6 is 0 Å². The molecule has 0 bridgehead atoms. The summed E-state index contributed by atoms with van der Waals surface area (Å²) in [5, 5.41) is 3.39. The minimum Gasteiger partial charge on any atom is -0.342 e. The number of nitrogens with one attached hydrogen (secondary N) is 1. The van der Waals surface area contributed by atoms with E-state index in [9.17, 15) is 4.79 Å². The van der Waals surface area contributed by atoms with Gasteiger partial charge in [0.25, 0.3) is 0 Å². The van der Waals surface area contributed by atoms with Crippen LogP contribution in [0.4, 0.5) is 0 Å². The third kappa shape index (κ3) is 2.08. The molecule has 3 heteroatoms. The Bertz CT molecular complexity index is 203. The molecule has 1 amide bonds. The van der Waals surface area contributed by atoms with Crippen LogP contribution in [-0.2, 0) is 4.79 Å². The largest absolute Gasteiger partial charge is 0.342 e. The summed E-state index contributed by atoms with van der Waals surface area (Å²) in [7, 11) is 0. The maximum absolute atomic E-state index is 12.0. The maximum Gasteiger partial charge on any atom is 0.226 e. The van der Waals surface area contributed by atoms with Crippen LogP contribution in [0.5, 0.6) is 0 Å². The van der Waals surface area contributed by atoms with Crippen molar-refractivity contribution < 1.29 is 4.79 Å². The summed E-state index contributed by atoms with van der Waals surface area (Å²) < 4.78 is 0. The topological polar surface area (TPSA) is 32.3 Å². The third-order valence-corrected chi connectivity index (χ3v) is 3.43. The van der Waals surface area contributed by atoms with Gasteiger partial charge in [-0.25, -0.2) is 0 Å². The van der Waals surface area contributed by atoms with E-state index in [-0.39, 0.29) is 5.92 Å². The van der Waals surface area contributed by atoms with Gasteiger partial charge in [0.2, 0.25) is 5.91 Å². The molecule has 1 N–H and O–H groups in total. The molecule has 0 aromatic heterocycles. The molecular formula is C11H20N2O. The fraction of sp³-hybridized carbons (Fsp3) is 0.909. The van der Waals surface area contributed by atoms with E-state index in [0.29, 0.717) is 11.9 Å². The predicted molar refractivity (Wildman–Crippen MR) is 56.0 cm³/mol. The summed E-state index contributed by atoms with van der Waals surface area (Å²) in [5.74, 6) is 0.645. The van der Waals surface area contributed by atoms with Gasteiger partial charge in [0.15, 0.2) is 0 Å². The van der Waals surface area contributed by atoms with E-state index in [1.807, 2.05) is 4.90 Å². The first-order chi connectivity index (χ1) is 6.77. The van der Waals surface area contributed by atoms with Gasteiger partial charge in [-0.05, 0) is 32.6 Å².